The van der Waals surface area contributed by atoms with Crippen molar-refractivity contribution in [2.45, 2.75) is 6.61 Å². The lowest BCUT2D eigenvalue weighted by molar-refractivity contribution is -0.131. The van der Waals surface area contributed by atoms with Crippen molar-refractivity contribution in [3.05, 3.63) is 52.2 Å². The summed E-state index contributed by atoms with van der Waals surface area (Å²) in [5.41, 5.74) is 0.867. The Balaban J connectivity index is 2.00. The van der Waals surface area contributed by atoms with E-state index in [1.54, 1.807) is 13.2 Å². The van der Waals surface area contributed by atoms with Crippen LogP contribution in [0, 0.1) is 0 Å². The van der Waals surface area contributed by atoms with Gasteiger partial charge in [-0.25, -0.2) is 4.79 Å². The van der Waals surface area contributed by atoms with E-state index in [-0.39, 0.29) is 0 Å². The van der Waals surface area contributed by atoms with Gasteiger partial charge in [-0.2, -0.15) is 0 Å². The minimum absolute atomic E-state index is 0.406. The summed E-state index contributed by atoms with van der Waals surface area (Å²) in [5, 5.41) is 10.5. The van der Waals surface area contributed by atoms with E-state index >= 15 is 0 Å². The third-order valence-electron chi connectivity index (χ3n) is 2.61. The maximum Gasteiger partial charge on any atom is 0.328 e. The molecule has 0 fully saturated rings. The first-order valence-electron chi connectivity index (χ1n) is 5.93. The molecule has 0 aliphatic rings. The molecule has 1 N–H and O–H groups in total. The van der Waals surface area contributed by atoms with E-state index in [9.17, 15) is 4.79 Å². The Morgan fingerprint density at radius 3 is 2.60 bits per heavy atom. The summed E-state index contributed by atoms with van der Waals surface area (Å²) in [6.07, 6.45) is 2.70. The molecule has 20 heavy (non-hydrogen) atoms. The van der Waals surface area contributed by atoms with Crippen LogP contribution in [-0.2, 0) is 11.4 Å². The summed E-state index contributed by atoms with van der Waals surface area (Å²) in [7, 11) is 1.61. The van der Waals surface area contributed by atoms with Crippen LogP contribution in [0.5, 0.6) is 11.5 Å². The molecule has 2 rings (SSSR count). The highest BCUT2D eigenvalue weighted by atomic mass is 32.1. The third-order valence-corrected chi connectivity index (χ3v) is 3.52. The second-order valence-electron chi connectivity index (χ2n) is 3.93. The second-order valence-corrected chi connectivity index (χ2v) is 4.94. The van der Waals surface area contributed by atoms with Crippen LogP contribution in [0.15, 0.2) is 41.8 Å². The van der Waals surface area contributed by atoms with Crippen molar-refractivity contribution in [3.8, 4) is 11.5 Å². The monoisotopic (exact) mass is 290 g/mol. The van der Waals surface area contributed by atoms with Crippen molar-refractivity contribution >= 4 is 23.4 Å². The number of rotatable bonds is 6. The van der Waals surface area contributed by atoms with E-state index in [1.807, 2.05) is 35.7 Å². The zero-order valence-electron chi connectivity index (χ0n) is 10.9. The second kappa shape index (κ2) is 6.77. The van der Waals surface area contributed by atoms with Crippen LogP contribution in [-0.4, -0.2) is 18.2 Å². The molecule has 0 spiro atoms. The van der Waals surface area contributed by atoms with Crippen molar-refractivity contribution in [1.29, 1.82) is 0 Å². The first-order valence-corrected chi connectivity index (χ1v) is 6.81. The van der Waals surface area contributed by atoms with Crippen LogP contribution >= 0.6 is 11.3 Å². The minimum atomic E-state index is -0.960. The molecule has 104 valence electrons. The summed E-state index contributed by atoms with van der Waals surface area (Å²) < 4.78 is 10.7. The number of hydrogen-bond acceptors (Lipinski definition) is 4. The van der Waals surface area contributed by atoms with Gasteiger partial charge in [0.25, 0.3) is 0 Å². The summed E-state index contributed by atoms with van der Waals surface area (Å²) in [6.45, 7) is 0.406. The van der Waals surface area contributed by atoms with Gasteiger partial charge in [-0.1, -0.05) is 0 Å². The molecular weight excluding hydrogens is 276 g/mol. The third kappa shape index (κ3) is 3.86. The average Bonchev–Trinajstić information content (AvgIpc) is 2.91. The van der Waals surface area contributed by atoms with Gasteiger partial charge in [0.15, 0.2) is 0 Å². The maximum absolute atomic E-state index is 10.5. The Morgan fingerprint density at radius 1 is 1.25 bits per heavy atom. The zero-order valence-corrected chi connectivity index (χ0v) is 11.7. The fraction of sp³-hybridized carbons (Fsp3) is 0.133. The number of thiophene rings is 1. The fourth-order valence-corrected chi connectivity index (χ4v) is 2.38. The topological polar surface area (TPSA) is 55.8 Å². The van der Waals surface area contributed by atoms with E-state index < -0.39 is 5.97 Å². The number of carboxylic acids is 1. The quantitative estimate of drug-likeness (QED) is 0.828. The Kier molecular flexibility index (Phi) is 4.79. The molecule has 0 saturated heterocycles. The molecule has 0 unspecified atom stereocenters. The first kappa shape index (κ1) is 14.1. The molecule has 0 amide bonds. The van der Waals surface area contributed by atoms with Crippen molar-refractivity contribution in [2.24, 2.45) is 0 Å². The van der Waals surface area contributed by atoms with Gasteiger partial charge in [-0.3, -0.25) is 0 Å². The fourth-order valence-electron chi connectivity index (χ4n) is 1.60. The van der Waals surface area contributed by atoms with Crippen molar-refractivity contribution in [3.63, 3.8) is 0 Å². The number of hydrogen-bond donors (Lipinski definition) is 1. The van der Waals surface area contributed by atoms with Gasteiger partial charge >= 0.3 is 5.97 Å². The van der Waals surface area contributed by atoms with Gasteiger partial charge in [0.1, 0.15) is 18.1 Å². The standard InChI is InChI=1S/C15H14O4S/c1-18-12-3-5-13(6-4-12)19-10-14-11(8-9-20-14)2-7-15(16)17/h2-9H,10H2,1H3,(H,16,17). The average molecular weight is 290 g/mol. The van der Waals surface area contributed by atoms with Gasteiger partial charge in [0.05, 0.1) is 7.11 Å². The predicted molar refractivity (Wildman–Crippen MR) is 78.3 cm³/mol. The molecule has 0 saturated carbocycles. The Morgan fingerprint density at radius 2 is 1.95 bits per heavy atom. The SMILES string of the molecule is COc1ccc(OCc2sccc2C=CC(=O)O)cc1. The van der Waals surface area contributed by atoms with Gasteiger partial charge in [-0.15, -0.1) is 11.3 Å². The predicted octanol–water partition coefficient (Wildman–Crippen LogP) is 3.43. The smallest absolute Gasteiger partial charge is 0.328 e. The molecular formula is C15H14O4S. The maximum atomic E-state index is 10.5. The van der Waals surface area contributed by atoms with Crippen LogP contribution in [0.25, 0.3) is 6.08 Å². The van der Waals surface area contributed by atoms with Gasteiger partial charge in [0, 0.05) is 11.0 Å². The number of carbonyl (C=O) groups is 1. The highest BCUT2D eigenvalue weighted by Gasteiger charge is 2.03. The normalized spacial score (nSPS) is 10.7. The highest BCUT2D eigenvalue weighted by molar-refractivity contribution is 7.10. The molecule has 0 radical (unpaired) electrons. The number of benzene rings is 1. The van der Waals surface area contributed by atoms with E-state index in [1.165, 1.54) is 11.3 Å². The van der Waals surface area contributed by atoms with E-state index in [2.05, 4.69) is 0 Å². The van der Waals surface area contributed by atoms with Crippen molar-refractivity contribution < 1.29 is 19.4 Å². The van der Waals surface area contributed by atoms with E-state index in [0.717, 1.165) is 28.0 Å². The molecule has 2 aromatic rings. The number of ether oxygens (including phenoxy) is 2. The summed E-state index contributed by atoms with van der Waals surface area (Å²) in [4.78, 5) is 11.5. The molecule has 0 aliphatic heterocycles. The zero-order chi connectivity index (χ0) is 14.4. The molecule has 0 bridgehead atoms. The number of aliphatic carboxylic acids is 1. The van der Waals surface area contributed by atoms with Crippen LogP contribution in [0.4, 0.5) is 0 Å². The van der Waals surface area contributed by atoms with E-state index in [4.69, 9.17) is 14.6 Å². The largest absolute Gasteiger partial charge is 0.497 e. The summed E-state index contributed by atoms with van der Waals surface area (Å²) >= 11 is 1.53. The van der Waals surface area contributed by atoms with Crippen LogP contribution in [0.1, 0.15) is 10.4 Å². The lowest BCUT2D eigenvalue weighted by Gasteiger charge is -2.06. The molecule has 0 atom stereocenters. The highest BCUT2D eigenvalue weighted by Crippen LogP contribution is 2.22. The number of carboxylic acid groups (broad SMARTS) is 1. The summed E-state index contributed by atoms with van der Waals surface area (Å²) in [6, 6.07) is 9.19. The van der Waals surface area contributed by atoms with Gasteiger partial charge in [0.2, 0.25) is 0 Å². The molecule has 1 aromatic carbocycles. The Bertz CT molecular complexity index is 599. The molecule has 5 heteroatoms. The molecule has 1 heterocycles. The lowest BCUT2D eigenvalue weighted by atomic mass is 10.2. The first-order chi connectivity index (χ1) is 9.69. The lowest BCUT2D eigenvalue weighted by Crippen LogP contribution is -1.95. The minimum Gasteiger partial charge on any atom is -0.497 e. The van der Waals surface area contributed by atoms with Gasteiger partial charge in [-0.05, 0) is 47.4 Å². The summed E-state index contributed by atoms with van der Waals surface area (Å²) in [5.74, 6) is 0.559. The number of methoxy groups -OCH3 is 1. The Labute approximate surface area is 120 Å². The van der Waals surface area contributed by atoms with Crippen LogP contribution < -0.4 is 9.47 Å². The Hall–Kier alpha value is -2.27. The van der Waals surface area contributed by atoms with Crippen molar-refractivity contribution in [2.75, 3.05) is 7.11 Å². The molecule has 0 aliphatic carbocycles. The van der Waals surface area contributed by atoms with Crippen LogP contribution in [0.3, 0.4) is 0 Å². The van der Waals surface area contributed by atoms with Crippen molar-refractivity contribution in [1.82, 2.24) is 0 Å². The molecule has 4 nitrogen and oxygen atoms in total. The van der Waals surface area contributed by atoms with E-state index in [0.29, 0.717) is 6.61 Å². The van der Waals surface area contributed by atoms with Gasteiger partial charge < -0.3 is 14.6 Å². The molecule has 1 aromatic heterocycles. The van der Waals surface area contributed by atoms with Crippen LogP contribution in [0.2, 0.25) is 0 Å².